The van der Waals surface area contributed by atoms with Gasteiger partial charge in [-0.1, -0.05) is 93.6 Å². The monoisotopic (exact) mass is 848 g/mol. The molecular formula is C49H52N8O6. The highest BCUT2D eigenvalue weighted by atomic mass is 16.5. The van der Waals surface area contributed by atoms with Gasteiger partial charge in [-0.15, -0.1) is 0 Å². The van der Waals surface area contributed by atoms with Gasteiger partial charge in [0.2, 0.25) is 5.91 Å². The fourth-order valence-electron chi connectivity index (χ4n) is 10.9. The molecule has 6 aromatic rings. The van der Waals surface area contributed by atoms with Gasteiger partial charge in [0.15, 0.2) is 0 Å². The standard InChI is InChI=1S/C49H52N8O6/c1-25(2)39(54-48(60)62-4)46(58)56-33-18-15-32(22-33)43(56)45-51-36-20-17-31-21-30(16-19-34(31)41(36)53-45)27-11-13-28(14-12-27)37-24-50-44(52-37)38-23-35-26(3)42(35)57(38)47(59)40(55-49(61)63-5)29-9-7-6-8-10-29/h6-14,16-17,19-21,24-26,32-33,35,38-40,42-43H,15,18,22-23H2,1-5H3,(H,50,52)(H,51,53)(H,54,60)(H,55,61)/t26-,32+,33-,35?,38+,39+,40-,42?,43+/m1/s1. The number of fused-ring (bicyclic) bond motifs is 6. The molecule has 2 unspecified atom stereocenters. The summed E-state index contributed by atoms with van der Waals surface area (Å²) in [6, 6.07) is 26.4. The van der Waals surface area contributed by atoms with E-state index in [0.29, 0.717) is 23.3 Å². The number of aromatic nitrogens is 4. The molecule has 14 nitrogen and oxygen atoms in total. The van der Waals surface area contributed by atoms with Gasteiger partial charge in [0.05, 0.1) is 49.2 Å². The minimum absolute atomic E-state index is 0.0818. The lowest BCUT2D eigenvalue weighted by atomic mass is 9.95. The van der Waals surface area contributed by atoms with Crippen molar-refractivity contribution in [2.75, 3.05) is 14.2 Å². The maximum absolute atomic E-state index is 14.3. The summed E-state index contributed by atoms with van der Waals surface area (Å²) in [5.41, 5.74) is 6.44. The van der Waals surface area contributed by atoms with E-state index < -0.39 is 24.3 Å². The molecule has 4 N–H and O–H groups in total. The zero-order valence-electron chi connectivity index (χ0n) is 36.0. The molecule has 2 aliphatic heterocycles. The highest BCUT2D eigenvalue weighted by Gasteiger charge is 2.61. The Morgan fingerprint density at radius 2 is 1.51 bits per heavy atom. The second kappa shape index (κ2) is 15.9. The number of benzene rings is 4. The lowest BCUT2D eigenvalue weighted by molar-refractivity contribution is -0.139. The zero-order valence-corrected chi connectivity index (χ0v) is 36.0. The van der Waals surface area contributed by atoms with Gasteiger partial charge in [-0.3, -0.25) is 9.59 Å². The van der Waals surface area contributed by atoms with E-state index in [1.54, 1.807) is 0 Å². The quantitative estimate of drug-likeness (QED) is 0.107. The lowest BCUT2D eigenvalue weighted by Crippen LogP contribution is -2.54. The molecule has 2 aromatic heterocycles. The Morgan fingerprint density at radius 1 is 0.778 bits per heavy atom. The molecule has 4 aromatic carbocycles. The molecule has 2 saturated heterocycles. The molecule has 2 saturated carbocycles. The van der Waals surface area contributed by atoms with Gasteiger partial charge in [0.25, 0.3) is 5.91 Å². The number of imidazole rings is 2. The van der Waals surface area contributed by atoms with Crippen molar-refractivity contribution < 1.29 is 28.7 Å². The number of H-pyrrole nitrogens is 2. The van der Waals surface area contributed by atoms with Crippen LogP contribution in [0.1, 0.15) is 81.8 Å². The number of piperidine rings is 2. The number of methoxy groups -OCH3 is 2. The molecule has 0 radical (unpaired) electrons. The van der Waals surface area contributed by atoms with Crippen LogP contribution in [0, 0.1) is 23.7 Å². The van der Waals surface area contributed by atoms with Gasteiger partial charge in [-0.05, 0) is 89.1 Å². The molecule has 4 aliphatic rings. The minimum Gasteiger partial charge on any atom is -0.453 e. The number of rotatable bonds is 10. The number of alkyl carbamates (subject to hydrolysis) is 2. The summed E-state index contributed by atoms with van der Waals surface area (Å²) in [6.45, 7) is 6.04. The molecular weight excluding hydrogens is 797 g/mol. The summed E-state index contributed by atoms with van der Waals surface area (Å²) in [7, 11) is 2.61. The first kappa shape index (κ1) is 40.4. The zero-order chi connectivity index (χ0) is 43.7. The van der Waals surface area contributed by atoms with Gasteiger partial charge in [-0.25, -0.2) is 19.6 Å². The Labute approximate surface area is 365 Å². The summed E-state index contributed by atoms with van der Waals surface area (Å²) >= 11 is 0. The van der Waals surface area contributed by atoms with Gasteiger partial charge >= 0.3 is 12.2 Å². The highest BCUT2D eigenvalue weighted by molar-refractivity contribution is 6.05. The minimum atomic E-state index is -0.885. The molecule has 4 heterocycles. The van der Waals surface area contributed by atoms with Crippen LogP contribution in [0.5, 0.6) is 0 Å². The van der Waals surface area contributed by atoms with Gasteiger partial charge in [0.1, 0.15) is 23.7 Å². The number of nitrogens with one attached hydrogen (secondary N) is 4. The topological polar surface area (TPSA) is 175 Å². The number of aromatic amines is 2. The molecule has 0 spiro atoms. The van der Waals surface area contributed by atoms with Crippen LogP contribution in [0.2, 0.25) is 0 Å². The Balaban J connectivity index is 0.876. The molecule has 9 atom stereocenters. The first-order chi connectivity index (χ1) is 30.5. The largest absolute Gasteiger partial charge is 0.453 e. The fraction of sp³-hybridized carbons (Fsp3) is 0.388. The van der Waals surface area contributed by atoms with E-state index in [1.807, 2.05) is 60.2 Å². The molecule has 4 amide bonds. The van der Waals surface area contributed by atoms with Crippen molar-refractivity contribution in [1.82, 2.24) is 40.4 Å². The van der Waals surface area contributed by atoms with E-state index in [0.717, 1.165) is 81.5 Å². The Hall–Kier alpha value is -6.70. The van der Waals surface area contributed by atoms with Crippen LogP contribution in [-0.2, 0) is 19.1 Å². The number of hydrogen-bond acceptors (Lipinski definition) is 8. The van der Waals surface area contributed by atoms with Crippen LogP contribution >= 0.6 is 0 Å². The van der Waals surface area contributed by atoms with Crippen molar-refractivity contribution >= 4 is 45.8 Å². The maximum Gasteiger partial charge on any atom is 0.407 e. The van der Waals surface area contributed by atoms with E-state index in [4.69, 9.17) is 19.4 Å². The van der Waals surface area contributed by atoms with E-state index in [2.05, 4.69) is 82.1 Å². The number of carbonyl (C=O) groups excluding carboxylic acids is 4. The maximum atomic E-state index is 14.3. The predicted octanol–water partition coefficient (Wildman–Crippen LogP) is 8.21. The summed E-state index contributed by atoms with van der Waals surface area (Å²) in [6.07, 6.45) is 4.26. The first-order valence-corrected chi connectivity index (χ1v) is 22.0. The van der Waals surface area contributed by atoms with E-state index in [1.165, 1.54) is 14.2 Å². The van der Waals surface area contributed by atoms with Gasteiger partial charge in [0, 0.05) is 17.5 Å². The third-order valence-electron chi connectivity index (χ3n) is 14.2. The number of nitrogens with zero attached hydrogens (tertiary/aromatic N) is 4. The summed E-state index contributed by atoms with van der Waals surface area (Å²) in [5, 5.41) is 7.63. The third kappa shape index (κ3) is 7.05. The Morgan fingerprint density at radius 3 is 2.25 bits per heavy atom. The smallest absolute Gasteiger partial charge is 0.407 e. The molecule has 4 fully saturated rings. The summed E-state index contributed by atoms with van der Waals surface area (Å²) in [5.74, 6) is 2.17. The van der Waals surface area contributed by atoms with Crippen molar-refractivity contribution in [3.63, 3.8) is 0 Å². The van der Waals surface area contributed by atoms with Crippen molar-refractivity contribution in [2.45, 2.75) is 82.7 Å². The van der Waals surface area contributed by atoms with Crippen LogP contribution in [0.4, 0.5) is 9.59 Å². The normalized spacial score (nSPS) is 24.4. The number of hydrogen-bond donors (Lipinski definition) is 4. The number of amides is 4. The van der Waals surface area contributed by atoms with Crippen molar-refractivity contribution in [1.29, 1.82) is 0 Å². The fourth-order valence-corrected chi connectivity index (χ4v) is 10.9. The average Bonchev–Trinajstić information content (AvgIpc) is 4.04. The predicted molar refractivity (Wildman–Crippen MR) is 237 cm³/mol. The number of likely N-dealkylation sites (tertiary alicyclic amines) is 2. The molecule has 63 heavy (non-hydrogen) atoms. The van der Waals surface area contributed by atoms with Crippen LogP contribution in [0.25, 0.3) is 44.2 Å². The second-order valence-corrected chi connectivity index (χ2v) is 18.0. The van der Waals surface area contributed by atoms with E-state index >= 15 is 0 Å². The van der Waals surface area contributed by atoms with Crippen LogP contribution < -0.4 is 10.6 Å². The number of ether oxygens (including phenoxy) is 2. The Kier molecular flexibility index (Phi) is 10.2. The van der Waals surface area contributed by atoms with Gasteiger partial charge in [-0.2, -0.15) is 0 Å². The average molecular weight is 849 g/mol. The van der Waals surface area contributed by atoms with E-state index in [9.17, 15) is 19.2 Å². The molecule has 2 bridgehead atoms. The van der Waals surface area contributed by atoms with Gasteiger partial charge < -0.3 is 39.9 Å². The summed E-state index contributed by atoms with van der Waals surface area (Å²) < 4.78 is 9.75. The third-order valence-corrected chi connectivity index (χ3v) is 14.2. The van der Waals surface area contributed by atoms with Crippen LogP contribution in [0.15, 0.2) is 91.1 Å². The van der Waals surface area contributed by atoms with E-state index in [-0.39, 0.29) is 41.9 Å². The van der Waals surface area contributed by atoms with Crippen molar-refractivity contribution in [2.24, 2.45) is 23.7 Å². The molecule has 14 heteroatoms. The second-order valence-electron chi connectivity index (χ2n) is 18.0. The highest BCUT2D eigenvalue weighted by Crippen LogP contribution is 2.58. The summed E-state index contributed by atoms with van der Waals surface area (Å²) in [4.78, 5) is 74.0. The first-order valence-electron chi connectivity index (χ1n) is 22.0. The SMILES string of the molecule is COC(=O)N[C@H](C(=O)N1[C@@H]2CC[C@@H](C2)[C@H]1c1nc2c(ccc3cc(-c4ccc(-c5cnc([C@@H]6CC7C([C@@H]7C)N6C(=O)[C@H](NC(=O)OC)c6ccccc6)[nH]5)cc4)ccc32)[nH]1)C(C)C. The number of carbonyl (C=O) groups is 4. The lowest BCUT2D eigenvalue weighted by Gasteiger charge is -2.37. The van der Waals surface area contributed by atoms with Crippen LogP contribution in [-0.4, -0.2) is 86.1 Å². The van der Waals surface area contributed by atoms with Crippen molar-refractivity contribution in [3.8, 4) is 22.4 Å². The Bertz CT molecular complexity index is 2730. The molecule has 2 aliphatic carbocycles. The molecule has 10 rings (SSSR count). The van der Waals surface area contributed by atoms with Crippen LogP contribution in [0.3, 0.4) is 0 Å². The molecule has 324 valence electrons. The van der Waals surface area contributed by atoms with Crippen molar-refractivity contribution in [3.05, 3.63) is 108 Å².